The first-order valence-corrected chi connectivity index (χ1v) is 7.88. The molecule has 128 valence electrons. The molecule has 2 aromatic rings. The van der Waals surface area contributed by atoms with Crippen LogP contribution < -0.4 is 0 Å². The van der Waals surface area contributed by atoms with Gasteiger partial charge >= 0.3 is 6.18 Å². The minimum atomic E-state index is -4.44. The number of alkyl halides is 3. The number of nitrogens with zero attached hydrogens (tertiary/aromatic N) is 1. The molecule has 1 atom stereocenters. The van der Waals surface area contributed by atoms with Crippen molar-refractivity contribution in [3.05, 3.63) is 48.0 Å². The molecule has 6 heteroatoms. The molecule has 0 radical (unpaired) electrons. The number of fused-ring (bicyclic) bond motifs is 1. The Bertz CT molecular complexity index is 724. The van der Waals surface area contributed by atoms with Crippen molar-refractivity contribution >= 4 is 16.7 Å². The molecule has 1 heterocycles. The van der Waals surface area contributed by atoms with Crippen molar-refractivity contribution in [2.24, 2.45) is 0 Å². The number of rotatable bonds is 3. The lowest BCUT2D eigenvalue weighted by Crippen LogP contribution is -2.49. The van der Waals surface area contributed by atoms with Crippen molar-refractivity contribution in [2.45, 2.75) is 25.1 Å². The van der Waals surface area contributed by atoms with Gasteiger partial charge < -0.3 is 9.64 Å². The van der Waals surface area contributed by atoms with E-state index in [1.54, 1.807) is 18.2 Å². The fourth-order valence-corrected chi connectivity index (χ4v) is 3.02. The van der Waals surface area contributed by atoms with Crippen LogP contribution in [-0.2, 0) is 4.74 Å². The summed E-state index contributed by atoms with van der Waals surface area (Å²) in [6, 6.07) is 11.9. The third kappa shape index (κ3) is 3.87. The first-order chi connectivity index (χ1) is 11.4. The van der Waals surface area contributed by atoms with Crippen LogP contribution in [0.25, 0.3) is 10.8 Å². The normalized spacial score (nSPS) is 18.5. The standard InChI is InChI=1S/C18H18F3NO2/c19-18(20,21)12-22(16-6-3-9-24-11-16)17(23)15-8-7-13-4-1-2-5-14(13)10-15/h1-2,4-5,7-8,10,16H,3,6,9,11-12H2/t16-/m0/s1. The van der Waals surface area contributed by atoms with Gasteiger partial charge in [-0.3, -0.25) is 4.79 Å². The number of halogens is 3. The number of amides is 1. The van der Waals surface area contributed by atoms with E-state index in [1.807, 2.05) is 24.3 Å². The predicted molar refractivity (Wildman–Crippen MR) is 84.9 cm³/mol. The second-order valence-electron chi connectivity index (χ2n) is 5.98. The van der Waals surface area contributed by atoms with Gasteiger partial charge in [-0.2, -0.15) is 13.2 Å². The van der Waals surface area contributed by atoms with E-state index in [4.69, 9.17) is 4.74 Å². The van der Waals surface area contributed by atoms with E-state index in [-0.39, 0.29) is 12.2 Å². The maximum absolute atomic E-state index is 13.0. The van der Waals surface area contributed by atoms with Crippen LogP contribution >= 0.6 is 0 Å². The fourth-order valence-electron chi connectivity index (χ4n) is 3.02. The number of carbonyl (C=O) groups excluding carboxylic acids is 1. The molecule has 0 aromatic heterocycles. The molecular formula is C18H18F3NO2. The minimum absolute atomic E-state index is 0.148. The Morgan fingerprint density at radius 3 is 2.58 bits per heavy atom. The molecule has 0 saturated carbocycles. The molecule has 3 nitrogen and oxygen atoms in total. The highest BCUT2D eigenvalue weighted by Gasteiger charge is 2.37. The van der Waals surface area contributed by atoms with E-state index in [0.29, 0.717) is 19.4 Å². The van der Waals surface area contributed by atoms with E-state index in [9.17, 15) is 18.0 Å². The Kier molecular flexibility index (Phi) is 4.76. The average Bonchev–Trinajstić information content (AvgIpc) is 2.58. The van der Waals surface area contributed by atoms with Crippen molar-refractivity contribution in [1.29, 1.82) is 0 Å². The number of hydrogen-bond donors (Lipinski definition) is 0. The molecule has 0 N–H and O–H groups in total. The summed E-state index contributed by atoms with van der Waals surface area (Å²) in [4.78, 5) is 13.6. The number of benzene rings is 2. The lowest BCUT2D eigenvalue weighted by Gasteiger charge is -2.34. The lowest BCUT2D eigenvalue weighted by atomic mass is 10.0. The fraction of sp³-hybridized carbons (Fsp3) is 0.389. The first-order valence-electron chi connectivity index (χ1n) is 7.88. The smallest absolute Gasteiger partial charge is 0.379 e. The summed E-state index contributed by atoms with van der Waals surface area (Å²) < 4.78 is 44.1. The summed E-state index contributed by atoms with van der Waals surface area (Å²) in [7, 11) is 0. The van der Waals surface area contributed by atoms with Gasteiger partial charge in [-0.1, -0.05) is 30.3 Å². The Balaban J connectivity index is 1.90. The van der Waals surface area contributed by atoms with Gasteiger partial charge in [0.1, 0.15) is 6.54 Å². The minimum Gasteiger partial charge on any atom is -0.379 e. The summed E-state index contributed by atoms with van der Waals surface area (Å²) in [6.07, 6.45) is -3.26. The molecule has 0 aliphatic carbocycles. The van der Waals surface area contributed by atoms with Gasteiger partial charge in [0.2, 0.25) is 0 Å². The van der Waals surface area contributed by atoms with Crippen molar-refractivity contribution < 1.29 is 22.7 Å². The maximum Gasteiger partial charge on any atom is 0.406 e. The molecule has 0 unspecified atom stereocenters. The first kappa shape index (κ1) is 16.8. The Morgan fingerprint density at radius 2 is 1.92 bits per heavy atom. The van der Waals surface area contributed by atoms with E-state index >= 15 is 0 Å². The van der Waals surface area contributed by atoms with Crippen LogP contribution in [0.4, 0.5) is 13.2 Å². The van der Waals surface area contributed by atoms with E-state index in [0.717, 1.165) is 15.7 Å². The molecular weight excluding hydrogens is 319 g/mol. The second kappa shape index (κ2) is 6.81. The summed E-state index contributed by atoms with van der Waals surface area (Å²) in [5.41, 5.74) is 0.267. The highest BCUT2D eigenvalue weighted by molar-refractivity contribution is 5.98. The quantitative estimate of drug-likeness (QED) is 0.846. The van der Waals surface area contributed by atoms with Crippen molar-refractivity contribution in [3.8, 4) is 0 Å². The molecule has 1 fully saturated rings. The van der Waals surface area contributed by atoms with E-state index in [2.05, 4.69) is 0 Å². The summed E-state index contributed by atoms with van der Waals surface area (Å²) in [5.74, 6) is -0.603. The Labute approximate surface area is 138 Å². The number of hydrogen-bond acceptors (Lipinski definition) is 2. The molecule has 1 aliphatic rings. The van der Waals surface area contributed by atoms with Gasteiger partial charge in [-0.15, -0.1) is 0 Å². The topological polar surface area (TPSA) is 29.5 Å². The SMILES string of the molecule is O=C(c1ccc2ccccc2c1)N(CC(F)(F)F)[C@H]1CCCOC1. The van der Waals surface area contributed by atoms with Crippen LogP contribution in [0.15, 0.2) is 42.5 Å². The van der Waals surface area contributed by atoms with Gasteiger partial charge in [0.05, 0.1) is 12.6 Å². The molecule has 2 aromatic carbocycles. The predicted octanol–water partition coefficient (Wildman–Crippen LogP) is 4.02. The zero-order valence-corrected chi connectivity index (χ0v) is 13.1. The van der Waals surface area contributed by atoms with E-state index < -0.39 is 24.7 Å². The lowest BCUT2D eigenvalue weighted by molar-refractivity contribution is -0.148. The second-order valence-corrected chi connectivity index (χ2v) is 5.98. The van der Waals surface area contributed by atoms with E-state index in [1.165, 1.54) is 0 Å². The number of carbonyl (C=O) groups is 1. The van der Waals surface area contributed by atoms with Crippen molar-refractivity contribution in [3.63, 3.8) is 0 Å². The van der Waals surface area contributed by atoms with Crippen LogP contribution in [0.2, 0.25) is 0 Å². The van der Waals surface area contributed by atoms with Crippen LogP contribution in [0.1, 0.15) is 23.2 Å². The summed E-state index contributed by atoms with van der Waals surface area (Å²) >= 11 is 0. The summed E-state index contributed by atoms with van der Waals surface area (Å²) in [5, 5.41) is 1.77. The zero-order chi connectivity index (χ0) is 17.2. The molecule has 1 amide bonds. The molecule has 0 bridgehead atoms. The highest BCUT2D eigenvalue weighted by atomic mass is 19.4. The number of ether oxygens (including phenoxy) is 1. The molecule has 1 aliphatic heterocycles. The van der Waals surface area contributed by atoms with Crippen LogP contribution in [-0.4, -0.2) is 42.8 Å². The van der Waals surface area contributed by atoms with Crippen LogP contribution in [0, 0.1) is 0 Å². The average molecular weight is 337 g/mol. The van der Waals surface area contributed by atoms with Crippen molar-refractivity contribution in [2.75, 3.05) is 19.8 Å². The van der Waals surface area contributed by atoms with Gasteiger partial charge in [-0.25, -0.2) is 0 Å². The van der Waals surface area contributed by atoms with Crippen molar-refractivity contribution in [1.82, 2.24) is 4.90 Å². The Morgan fingerprint density at radius 1 is 1.17 bits per heavy atom. The largest absolute Gasteiger partial charge is 0.406 e. The van der Waals surface area contributed by atoms with Gasteiger partial charge in [0, 0.05) is 12.2 Å². The molecule has 1 saturated heterocycles. The highest BCUT2D eigenvalue weighted by Crippen LogP contribution is 2.24. The van der Waals surface area contributed by atoms with Crippen LogP contribution in [0.3, 0.4) is 0 Å². The summed E-state index contributed by atoms with van der Waals surface area (Å²) in [6.45, 7) is -0.581. The molecule has 0 spiro atoms. The van der Waals surface area contributed by atoms with Gasteiger partial charge in [-0.05, 0) is 35.7 Å². The Hall–Kier alpha value is -2.08. The van der Waals surface area contributed by atoms with Crippen LogP contribution in [0.5, 0.6) is 0 Å². The maximum atomic E-state index is 13.0. The zero-order valence-electron chi connectivity index (χ0n) is 13.1. The monoisotopic (exact) mass is 337 g/mol. The molecule has 24 heavy (non-hydrogen) atoms. The van der Waals surface area contributed by atoms with Gasteiger partial charge in [0.15, 0.2) is 0 Å². The molecule has 3 rings (SSSR count). The third-order valence-corrected chi connectivity index (χ3v) is 4.18. The third-order valence-electron chi connectivity index (χ3n) is 4.18. The van der Waals surface area contributed by atoms with Gasteiger partial charge in [0.25, 0.3) is 5.91 Å².